The number of carbonyl (C=O) groups excluding carboxylic acids is 1. The van der Waals surface area contributed by atoms with Gasteiger partial charge in [0.15, 0.2) is 0 Å². The molecular weight excluding hydrogens is 332 g/mol. The van der Waals surface area contributed by atoms with E-state index in [1.165, 1.54) is 0 Å². The fourth-order valence-corrected chi connectivity index (χ4v) is 3.07. The molecule has 0 bridgehead atoms. The molecule has 0 radical (unpaired) electrons. The molecule has 6 heteroatoms. The summed E-state index contributed by atoms with van der Waals surface area (Å²) in [4.78, 5) is 12.1. The first-order valence-corrected chi connectivity index (χ1v) is 8.37. The van der Waals surface area contributed by atoms with Crippen LogP contribution in [-0.2, 0) is 4.79 Å². The SMILES string of the molecule is CC(NC(=O)CSc1cc(F)ccc1F)c1cc2ccccc2o1. The molecule has 1 amide bonds. The molecule has 1 heterocycles. The molecule has 0 fully saturated rings. The van der Waals surface area contributed by atoms with Gasteiger partial charge in [-0.1, -0.05) is 18.2 Å². The zero-order chi connectivity index (χ0) is 17.1. The minimum absolute atomic E-state index is 0.00899. The third-order valence-electron chi connectivity index (χ3n) is 3.50. The lowest BCUT2D eigenvalue weighted by atomic mass is 10.2. The zero-order valence-corrected chi connectivity index (χ0v) is 13.7. The molecule has 3 rings (SSSR count). The van der Waals surface area contributed by atoms with Gasteiger partial charge in [0.1, 0.15) is 23.0 Å². The van der Waals surface area contributed by atoms with Crippen molar-refractivity contribution in [2.24, 2.45) is 0 Å². The molecule has 24 heavy (non-hydrogen) atoms. The number of benzene rings is 2. The number of furan rings is 1. The Kier molecular flexibility index (Phi) is 4.85. The number of halogens is 2. The van der Waals surface area contributed by atoms with Crippen LogP contribution in [0.25, 0.3) is 11.0 Å². The van der Waals surface area contributed by atoms with Crippen LogP contribution in [0.2, 0.25) is 0 Å². The van der Waals surface area contributed by atoms with Crippen LogP contribution in [0.15, 0.2) is 57.8 Å². The van der Waals surface area contributed by atoms with Gasteiger partial charge >= 0.3 is 0 Å². The van der Waals surface area contributed by atoms with E-state index >= 15 is 0 Å². The molecule has 0 saturated heterocycles. The van der Waals surface area contributed by atoms with Gasteiger partial charge in [0.05, 0.1) is 11.8 Å². The van der Waals surface area contributed by atoms with Crippen LogP contribution in [0.3, 0.4) is 0 Å². The van der Waals surface area contributed by atoms with Crippen molar-refractivity contribution in [3.63, 3.8) is 0 Å². The van der Waals surface area contributed by atoms with E-state index in [4.69, 9.17) is 4.42 Å². The Morgan fingerprint density at radius 2 is 2.00 bits per heavy atom. The van der Waals surface area contributed by atoms with Crippen LogP contribution in [0.4, 0.5) is 8.78 Å². The number of fused-ring (bicyclic) bond motifs is 1. The minimum atomic E-state index is -0.542. The van der Waals surface area contributed by atoms with Crippen molar-refractivity contribution >= 4 is 28.6 Å². The topological polar surface area (TPSA) is 42.2 Å². The fourth-order valence-electron chi connectivity index (χ4n) is 2.30. The van der Waals surface area contributed by atoms with Gasteiger partial charge in [0.2, 0.25) is 5.91 Å². The first kappa shape index (κ1) is 16.5. The number of para-hydroxylation sites is 1. The van der Waals surface area contributed by atoms with E-state index in [2.05, 4.69) is 5.32 Å². The summed E-state index contributed by atoms with van der Waals surface area (Å²) in [5.74, 6) is -0.720. The molecule has 0 aliphatic carbocycles. The summed E-state index contributed by atoms with van der Waals surface area (Å²) in [6.45, 7) is 1.81. The number of hydrogen-bond donors (Lipinski definition) is 1. The molecule has 0 saturated carbocycles. The second-order valence-electron chi connectivity index (χ2n) is 5.34. The predicted octanol–water partition coefficient (Wildman–Crippen LogP) is 4.68. The van der Waals surface area contributed by atoms with E-state index in [1.54, 1.807) is 0 Å². The van der Waals surface area contributed by atoms with Crippen LogP contribution >= 0.6 is 11.8 Å². The Hall–Kier alpha value is -2.34. The van der Waals surface area contributed by atoms with Gasteiger partial charge < -0.3 is 9.73 Å². The maximum absolute atomic E-state index is 13.5. The highest BCUT2D eigenvalue weighted by Gasteiger charge is 2.15. The summed E-state index contributed by atoms with van der Waals surface area (Å²) in [5, 5.41) is 3.75. The van der Waals surface area contributed by atoms with E-state index in [1.807, 2.05) is 37.3 Å². The quantitative estimate of drug-likeness (QED) is 0.682. The van der Waals surface area contributed by atoms with Crippen molar-refractivity contribution in [3.8, 4) is 0 Å². The van der Waals surface area contributed by atoms with Gasteiger partial charge in [0, 0.05) is 10.3 Å². The highest BCUT2D eigenvalue weighted by atomic mass is 32.2. The Labute approximate surface area is 142 Å². The number of nitrogens with one attached hydrogen (secondary N) is 1. The molecule has 1 aromatic heterocycles. The Bertz CT molecular complexity index is 845. The number of amides is 1. The van der Waals surface area contributed by atoms with E-state index in [0.29, 0.717) is 5.76 Å². The molecule has 3 aromatic rings. The van der Waals surface area contributed by atoms with Gasteiger partial charge in [-0.25, -0.2) is 8.78 Å². The molecule has 1 N–H and O–H groups in total. The molecular formula is C18H15F2NO2S. The second-order valence-corrected chi connectivity index (χ2v) is 6.36. The van der Waals surface area contributed by atoms with E-state index < -0.39 is 11.6 Å². The highest BCUT2D eigenvalue weighted by molar-refractivity contribution is 8.00. The molecule has 0 spiro atoms. The number of rotatable bonds is 5. The molecule has 124 valence electrons. The van der Waals surface area contributed by atoms with Crippen molar-refractivity contribution in [2.45, 2.75) is 17.9 Å². The number of hydrogen-bond acceptors (Lipinski definition) is 3. The zero-order valence-electron chi connectivity index (χ0n) is 12.9. The van der Waals surface area contributed by atoms with Crippen molar-refractivity contribution in [1.29, 1.82) is 0 Å². The summed E-state index contributed by atoms with van der Waals surface area (Å²) < 4.78 is 32.3. The van der Waals surface area contributed by atoms with Crippen molar-refractivity contribution < 1.29 is 18.0 Å². The lowest BCUT2D eigenvalue weighted by Crippen LogP contribution is -2.27. The van der Waals surface area contributed by atoms with Gasteiger partial charge in [0.25, 0.3) is 0 Å². The Balaban J connectivity index is 1.60. The average Bonchev–Trinajstić information content (AvgIpc) is 3.00. The van der Waals surface area contributed by atoms with Gasteiger partial charge in [-0.2, -0.15) is 0 Å². The standard InChI is InChI=1S/C18H15F2NO2S/c1-11(16-8-12-4-2-3-5-15(12)23-16)21-18(22)10-24-17-9-13(19)6-7-14(17)20/h2-9,11H,10H2,1H3,(H,21,22). The Morgan fingerprint density at radius 3 is 2.79 bits per heavy atom. The second kappa shape index (κ2) is 7.05. The molecule has 2 aromatic carbocycles. The smallest absolute Gasteiger partial charge is 0.230 e. The summed E-state index contributed by atoms with van der Waals surface area (Å²) in [6, 6.07) is 12.3. The van der Waals surface area contributed by atoms with E-state index in [9.17, 15) is 13.6 Å². The molecule has 1 unspecified atom stereocenters. The minimum Gasteiger partial charge on any atom is -0.459 e. The van der Waals surface area contributed by atoms with E-state index in [-0.39, 0.29) is 22.6 Å². The normalized spacial score (nSPS) is 12.3. The molecule has 3 nitrogen and oxygen atoms in total. The van der Waals surface area contributed by atoms with E-state index in [0.717, 1.165) is 40.9 Å². The first-order valence-electron chi connectivity index (χ1n) is 7.38. The summed E-state index contributed by atoms with van der Waals surface area (Å²) >= 11 is 0.954. The largest absolute Gasteiger partial charge is 0.459 e. The molecule has 0 aliphatic heterocycles. The summed E-state index contributed by atoms with van der Waals surface area (Å²) in [5.41, 5.74) is 0.754. The lowest BCUT2D eigenvalue weighted by molar-refractivity contribution is -0.119. The monoisotopic (exact) mass is 347 g/mol. The van der Waals surface area contributed by atoms with Crippen molar-refractivity contribution in [3.05, 3.63) is 65.9 Å². The molecule has 0 aliphatic rings. The number of thioether (sulfide) groups is 1. The maximum atomic E-state index is 13.5. The van der Waals surface area contributed by atoms with Crippen LogP contribution in [0.5, 0.6) is 0 Å². The van der Waals surface area contributed by atoms with Gasteiger partial charge in [-0.05, 0) is 37.3 Å². The van der Waals surface area contributed by atoms with Gasteiger partial charge in [-0.3, -0.25) is 4.79 Å². The third-order valence-corrected chi connectivity index (χ3v) is 4.53. The highest BCUT2D eigenvalue weighted by Crippen LogP contribution is 2.25. The first-order chi connectivity index (χ1) is 11.5. The van der Waals surface area contributed by atoms with Crippen molar-refractivity contribution in [1.82, 2.24) is 5.32 Å². The fraction of sp³-hybridized carbons (Fsp3) is 0.167. The third kappa shape index (κ3) is 3.76. The molecule has 1 atom stereocenters. The Morgan fingerprint density at radius 1 is 1.21 bits per heavy atom. The van der Waals surface area contributed by atoms with Crippen LogP contribution in [0, 0.1) is 11.6 Å². The van der Waals surface area contributed by atoms with Gasteiger partial charge in [-0.15, -0.1) is 11.8 Å². The van der Waals surface area contributed by atoms with Crippen LogP contribution in [-0.4, -0.2) is 11.7 Å². The summed E-state index contributed by atoms with van der Waals surface area (Å²) in [7, 11) is 0. The number of carbonyl (C=O) groups is 1. The average molecular weight is 347 g/mol. The van der Waals surface area contributed by atoms with Crippen molar-refractivity contribution in [2.75, 3.05) is 5.75 Å². The maximum Gasteiger partial charge on any atom is 0.230 e. The van der Waals surface area contributed by atoms with Crippen LogP contribution in [0.1, 0.15) is 18.7 Å². The summed E-state index contributed by atoms with van der Waals surface area (Å²) in [6.07, 6.45) is 0. The van der Waals surface area contributed by atoms with Crippen LogP contribution < -0.4 is 5.32 Å². The predicted molar refractivity (Wildman–Crippen MR) is 89.9 cm³/mol. The lowest BCUT2D eigenvalue weighted by Gasteiger charge is -2.11.